The molecule has 134 valence electrons. The van der Waals surface area contributed by atoms with Gasteiger partial charge in [0.2, 0.25) is 5.91 Å². The summed E-state index contributed by atoms with van der Waals surface area (Å²) >= 11 is 0. The summed E-state index contributed by atoms with van der Waals surface area (Å²) in [5.74, 6) is -0.362. The lowest BCUT2D eigenvalue weighted by molar-refractivity contribution is -0.125. The Morgan fingerprint density at radius 2 is 2.08 bits per heavy atom. The lowest BCUT2D eigenvalue weighted by Gasteiger charge is -2.18. The number of hydrogen-bond donors (Lipinski definition) is 3. The van der Waals surface area contributed by atoms with E-state index in [1.165, 1.54) is 0 Å². The molecule has 1 saturated heterocycles. The van der Waals surface area contributed by atoms with E-state index in [2.05, 4.69) is 10.6 Å². The third-order valence-electron chi connectivity index (χ3n) is 3.74. The van der Waals surface area contributed by atoms with Gasteiger partial charge < -0.3 is 21.1 Å². The molecule has 1 atom stereocenters. The topological polar surface area (TPSA) is 93.5 Å². The van der Waals surface area contributed by atoms with Gasteiger partial charge in [-0.05, 0) is 44.4 Å². The molecule has 0 radical (unpaired) electrons. The Hall–Kier alpha value is -1.63. The van der Waals surface area contributed by atoms with Crippen molar-refractivity contribution >= 4 is 24.2 Å². The minimum Gasteiger partial charge on any atom is -0.376 e. The fraction of sp³-hybridized carbons (Fsp3) is 0.529. The predicted molar refractivity (Wildman–Crippen MR) is 95.1 cm³/mol. The van der Waals surface area contributed by atoms with E-state index in [1.807, 2.05) is 6.07 Å². The minimum absolute atomic E-state index is 0. The molecule has 0 saturated carbocycles. The highest BCUT2D eigenvalue weighted by Crippen LogP contribution is 2.11. The summed E-state index contributed by atoms with van der Waals surface area (Å²) < 4.78 is 5.49. The molecule has 4 N–H and O–H groups in total. The van der Waals surface area contributed by atoms with Crippen LogP contribution in [0.5, 0.6) is 0 Å². The normalized spacial score (nSPS) is 17.0. The van der Waals surface area contributed by atoms with Gasteiger partial charge in [-0.25, -0.2) is 0 Å². The van der Waals surface area contributed by atoms with Crippen LogP contribution in [-0.4, -0.2) is 36.6 Å². The number of carbonyl (C=O) groups excluding carboxylic acids is 2. The molecule has 0 aliphatic carbocycles. The van der Waals surface area contributed by atoms with E-state index >= 15 is 0 Å². The molecule has 1 heterocycles. The van der Waals surface area contributed by atoms with E-state index in [0.717, 1.165) is 25.0 Å². The van der Waals surface area contributed by atoms with Crippen LogP contribution in [0.4, 0.5) is 0 Å². The molecule has 24 heavy (non-hydrogen) atoms. The molecule has 1 unspecified atom stereocenters. The summed E-state index contributed by atoms with van der Waals surface area (Å²) in [6.07, 6.45) is 2.15. The fourth-order valence-corrected chi connectivity index (χ4v) is 2.35. The highest BCUT2D eigenvalue weighted by Gasteiger charge is 2.21. The van der Waals surface area contributed by atoms with Crippen molar-refractivity contribution in [2.75, 3.05) is 13.2 Å². The molecule has 1 aliphatic heterocycles. The van der Waals surface area contributed by atoms with Gasteiger partial charge in [-0.3, -0.25) is 9.59 Å². The molecule has 7 heteroatoms. The highest BCUT2D eigenvalue weighted by atomic mass is 35.5. The van der Waals surface area contributed by atoms with Crippen molar-refractivity contribution in [3.8, 4) is 0 Å². The second-order valence-corrected chi connectivity index (χ2v) is 6.45. The maximum Gasteiger partial charge on any atom is 0.251 e. The Bertz CT molecular complexity index is 566. The Morgan fingerprint density at radius 3 is 2.71 bits per heavy atom. The first-order chi connectivity index (χ1) is 10.9. The summed E-state index contributed by atoms with van der Waals surface area (Å²) in [5.41, 5.74) is 6.24. The number of hydrogen-bond acceptors (Lipinski definition) is 4. The van der Waals surface area contributed by atoms with E-state index in [-0.39, 0.29) is 30.3 Å². The molecule has 1 aromatic rings. The Kier molecular flexibility index (Phi) is 7.66. The minimum atomic E-state index is -0.920. The van der Waals surface area contributed by atoms with Crippen LogP contribution in [0.3, 0.4) is 0 Å². The molecule has 0 bridgehead atoms. The summed E-state index contributed by atoms with van der Waals surface area (Å²) in [6.45, 7) is 4.94. The Labute approximate surface area is 148 Å². The second-order valence-electron chi connectivity index (χ2n) is 6.45. The quantitative estimate of drug-likeness (QED) is 0.718. The number of amides is 2. The summed E-state index contributed by atoms with van der Waals surface area (Å²) in [6, 6.07) is 7.19. The van der Waals surface area contributed by atoms with Gasteiger partial charge in [0, 0.05) is 25.3 Å². The van der Waals surface area contributed by atoms with Crippen LogP contribution in [0.1, 0.15) is 42.6 Å². The molecule has 1 aliphatic rings. The van der Waals surface area contributed by atoms with Gasteiger partial charge in [0.25, 0.3) is 5.91 Å². The zero-order valence-corrected chi connectivity index (χ0v) is 14.9. The predicted octanol–water partition coefficient (Wildman–Crippen LogP) is 1.37. The molecule has 0 spiro atoms. The van der Waals surface area contributed by atoms with E-state index in [1.54, 1.807) is 32.0 Å². The van der Waals surface area contributed by atoms with E-state index in [9.17, 15) is 9.59 Å². The number of nitrogens with two attached hydrogens (primary N) is 1. The van der Waals surface area contributed by atoms with Gasteiger partial charge in [0.15, 0.2) is 0 Å². The van der Waals surface area contributed by atoms with Gasteiger partial charge in [-0.1, -0.05) is 12.1 Å². The van der Waals surface area contributed by atoms with Crippen molar-refractivity contribution in [3.63, 3.8) is 0 Å². The van der Waals surface area contributed by atoms with Gasteiger partial charge in [0.05, 0.1) is 11.6 Å². The van der Waals surface area contributed by atoms with E-state index in [4.69, 9.17) is 10.5 Å². The van der Waals surface area contributed by atoms with Crippen molar-refractivity contribution in [2.45, 2.75) is 44.9 Å². The fourth-order valence-electron chi connectivity index (χ4n) is 2.35. The van der Waals surface area contributed by atoms with Crippen LogP contribution in [-0.2, 0) is 16.1 Å². The molecule has 2 amide bonds. The molecule has 1 aromatic carbocycles. The summed E-state index contributed by atoms with van der Waals surface area (Å²) in [7, 11) is 0. The van der Waals surface area contributed by atoms with Crippen molar-refractivity contribution in [1.82, 2.24) is 10.6 Å². The number of ether oxygens (including phenoxy) is 1. The number of benzene rings is 1. The van der Waals surface area contributed by atoms with Crippen LogP contribution in [0.15, 0.2) is 24.3 Å². The number of carbonyl (C=O) groups is 2. The number of halogens is 1. The SMILES string of the molecule is CC(C)(N)C(=O)NCc1cccc(C(=O)NCC2CCCO2)c1.Cl. The van der Waals surface area contributed by atoms with Gasteiger partial charge in [-0.15, -0.1) is 12.4 Å². The van der Waals surface area contributed by atoms with Crippen LogP contribution >= 0.6 is 12.4 Å². The third kappa shape index (κ3) is 6.11. The van der Waals surface area contributed by atoms with Crippen molar-refractivity contribution in [3.05, 3.63) is 35.4 Å². The van der Waals surface area contributed by atoms with Gasteiger partial charge in [-0.2, -0.15) is 0 Å². The summed E-state index contributed by atoms with van der Waals surface area (Å²) in [5, 5.41) is 5.65. The number of rotatable bonds is 6. The maximum atomic E-state index is 12.2. The first kappa shape index (κ1) is 20.4. The Morgan fingerprint density at radius 1 is 1.33 bits per heavy atom. The van der Waals surface area contributed by atoms with E-state index in [0.29, 0.717) is 18.7 Å². The third-order valence-corrected chi connectivity index (χ3v) is 3.74. The Balaban J connectivity index is 0.00000288. The van der Waals surface area contributed by atoms with Crippen molar-refractivity contribution in [2.24, 2.45) is 5.73 Å². The van der Waals surface area contributed by atoms with Crippen LogP contribution in [0.2, 0.25) is 0 Å². The number of nitrogens with one attached hydrogen (secondary N) is 2. The monoisotopic (exact) mass is 355 g/mol. The average Bonchev–Trinajstić information content (AvgIpc) is 3.03. The van der Waals surface area contributed by atoms with Crippen LogP contribution in [0.25, 0.3) is 0 Å². The van der Waals surface area contributed by atoms with Crippen LogP contribution < -0.4 is 16.4 Å². The zero-order chi connectivity index (χ0) is 16.9. The smallest absolute Gasteiger partial charge is 0.251 e. The molecule has 1 fully saturated rings. The van der Waals surface area contributed by atoms with E-state index < -0.39 is 5.54 Å². The molecule has 2 rings (SSSR count). The average molecular weight is 356 g/mol. The van der Waals surface area contributed by atoms with Crippen LogP contribution in [0, 0.1) is 0 Å². The first-order valence-corrected chi connectivity index (χ1v) is 7.92. The summed E-state index contributed by atoms with van der Waals surface area (Å²) in [4.78, 5) is 24.0. The highest BCUT2D eigenvalue weighted by molar-refractivity contribution is 5.94. The van der Waals surface area contributed by atoms with Gasteiger partial charge >= 0.3 is 0 Å². The largest absolute Gasteiger partial charge is 0.376 e. The molecular formula is C17H26ClN3O3. The maximum absolute atomic E-state index is 12.2. The van der Waals surface area contributed by atoms with Crippen molar-refractivity contribution < 1.29 is 14.3 Å². The standard InChI is InChI=1S/C17H25N3O3.ClH/c1-17(2,18)16(22)20-10-12-5-3-6-13(9-12)15(21)19-11-14-7-4-8-23-14;/h3,5-6,9,14H,4,7-8,10-11,18H2,1-2H3,(H,19,21)(H,20,22);1H. The first-order valence-electron chi connectivity index (χ1n) is 7.92. The zero-order valence-electron chi connectivity index (χ0n) is 14.1. The van der Waals surface area contributed by atoms with Crippen molar-refractivity contribution in [1.29, 1.82) is 0 Å². The lowest BCUT2D eigenvalue weighted by atomic mass is 10.1. The van der Waals surface area contributed by atoms with Gasteiger partial charge in [0.1, 0.15) is 0 Å². The molecule has 6 nitrogen and oxygen atoms in total. The lowest BCUT2D eigenvalue weighted by Crippen LogP contribution is -2.48. The second kappa shape index (κ2) is 9.01. The molecular weight excluding hydrogens is 330 g/mol. The molecule has 0 aromatic heterocycles.